The number of rotatable bonds is 0. The molecule has 0 atom stereocenters. The molecule has 12 heterocycles. The second-order valence-electron chi connectivity index (χ2n) is 26.3. The molecule has 0 amide bonds. The summed E-state index contributed by atoms with van der Waals surface area (Å²) in [5.74, 6) is 0. The van der Waals surface area contributed by atoms with E-state index in [9.17, 15) is 0 Å². The first-order chi connectivity index (χ1) is 71.6. The first-order valence-corrected chi connectivity index (χ1v) is 52.8. The van der Waals surface area contributed by atoms with Gasteiger partial charge in [-0.1, -0.05) is 488 Å². The summed E-state index contributed by atoms with van der Waals surface area (Å²) in [7, 11) is 0. The molecule has 0 aliphatic carbocycles. The lowest BCUT2D eigenvalue weighted by Gasteiger charge is -2.01. The summed E-state index contributed by atoms with van der Waals surface area (Å²) in [5, 5.41) is 23.8. The van der Waals surface area contributed by atoms with Crippen molar-refractivity contribution in [3.05, 3.63) is 414 Å². The topological polar surface area (TPSA) is 155 Å². The van der Waals surface area contributed by atoms with Gasteiger partial charge in [-0.2, -0.15) is 0 Å². The summed E-state index contributed by atoms with van der Waals surface area (Å²) in [6.07, 6.45) is 21.8. The molecule has 12 aromatic carbocycles. The molecule has 12 aromatic heterocycles. The molecule has 12 heteroatoms. The molecule has 24 aromatic rings. The van der Waals surface area contributed by atoms with E-state index in [-0.39, 0.29) is 0 Å². The fraction of sp³-hybridized carbons (Fsp3) is 0.242. The predicted molar refractivity (Wildman–Crippen MR) is 647 cm³/mol. The van der Waals surface area contributed by atoms with Crippen molar-refractivity contribution in [2.75, 3.05) is 0 Å². The maximum absolute atomic E-state index is 4.41. The first-order valence-electron chi connectivity index (χ1n) is 52.8. The van der Waals surface area contributed by atoms with E-state index in [0.29, 0.717) is 0 Å². The highest BCUT2D eigenvalue weighted by Gasteiger charge is 2.08. The van der Waals surface area contributed by atoms with E-state index in [1.165, 1.54) is 64.6 Å². The van der Waals surface area contributed by atoms with Crippen LogP contribution in [-0.2, 0) is 0 Å². The van der Waals surface area contributed by atoms with E-state index in [1.54, 1.807) is 49.6 Å². The van der Waals surface area contributed by atoms with Gasteiger partial charge in [-0.05, 0) is 94.3 Å². The monoisotopic (exact) mass is 1920 g/mol. The minimum Gasteiger partial charge on any atom is -0.256 e. The molecule has 0 aliphatic heterocycles. The molecule has 24 rings (SSSR count). The van der Waals surface area contributed by atoms with Crippen LogP contribution in [0.15, 0.2) is 414 Å². The molecule has 0 spiro atoms. The van der Waals surface area contributed by atoms with Crippen molar-refractivity contribution in [2.24, 2.45) is 0 Å². The predicted octanol–water partition coefficient (Wildman–Crippen LogP) is 41.1. The number of fused-ring (bicyclic) bond motifs is 24. The van der Waals surface area contributed by atoms with Crippen molar-refractivity contribution in [2.45, 2.75) is 222 Å². The van der Waals surface area contributed by atoms with Crippen LogP contribution in [0, 0.1) is 0 Å². The van der Waals surface area contributed by atoms with E-state index in [2.05, 4.69) is 327 Å². The summed E-state index contributed by atoms with van der Waals surface area (Å²) in [6, 6.07) is 115. The molecule has 0 saturated heterocycles. The Morgan fingerprint density at radius 3 is 0.285 bits per heavy atom. The number of pyridine rings is 12. The van der Waals surface area contributed by atoms with Crippen LogP contribution in [-0.4, -0.2) is 59.8 Å². The Morgan fingerprint density at radius 1 is 0.0833 bits per heavy atom. The molecule has 0 fully saturated rings. The summed E-state index contributed by atoms with van der Waals surface area (Å²) in [6.45, 7) is 64.0. The van der Waals surface area contributed by atoms with Gasteiger partial charge in [0.05, 0.1) is 66.2 Å². The van der Waals surface area contributed by atoms with E-state index in [1.807, 2.05) is 319 Å². The number of aromatic nitrogens is 12. The quantitative estimate of drug-likeness (QED) is 0.133. The zero-order chi connectivity index (χ0) is 107. The summed E-state index contributed by atoms with van der Waals surface area (Å²) >= 11 is 0. The van der Waals surface area contributed by atoms with E-state index >= 15 is 0 Å². The van der Waals surface area contributed by atoms with Crippen LogP contribution in [0.5, 0.6) is 0 Å². The largest absolute Gasteiger partial charge is 0.256 e. The fourth-order valence-corrected chi connectivity index (χ4v) is 14.0. The van der Waals surface area contributed by atoms with E-state index < -0.39 is 0 Å². The zero-order valence-electron chi connectivity index (χ0n) is 92.6. The molecule has 0 aliphatic rings. The second kappa shape index (κ2) is 79.3. The Hall–Kier alpha value is -15.4. The number of hydrogen-bond acceptors (Lipinski definition) is 12. The smallest absolute Gasteiger partial charge is 0.0964 e. The van der Waals surface area contributed by atoms with Crippen LogP contribution in [0.4, 0.5) is 0 Å². The molecule has 12 nitrogen and oxygen atoms in total. The lowest BCUT2D eigenvalue weighted by Crippen LogP contribution is -1.83. The van der Waals surface area contributed by atoms with Crippen LogP contribution in [0.1, 0.15) is 222 Å². The Morgan fingerprint density at radius 2 is 0.167 bits per heavy atom. The average molecular weight is 1920 g/mol. The van der Waals surface area contributed by atoms with Gasteiger partial charge in [0, 0.05) is 161 Å². The lowest BCUT2D eigenvalue weighted by atomic mass is 10.1. The maximum Gasteiger partial charge on any atom is 0.0964 e. The van der Waals surface area contributed by atoms with E-state index in [4.69, 9.17) is 0 Å². The summed E-state index contributed by atoms with van der Waals surface area (Å²) in [4.78, 5) is 52.4. The van der Waals surface area contributed by atoms with Gasteiger partial charge in [-0.3, -0.25) is 59.8 Å². The van der Waals surface area contributed by atoms with Gasteiger partial charge in [-0.25, -0.2) is 0 Å². The van der Waals surface area contributed by atoms with E-state index in [0.717, 1.165) is 109 Å². The van der Waals surface area contributed by atoms with Crippen molar-refractivity contribution in [1.29, 1.82) is 0 Å². The molecule has 144 heavy (non-hydrogen) atoms. The maximum atomic E-state index is 4.41. The van der Waals surface area contributed by atoms with Crippen molar-refractivity contribution in [3.63, 3.8) is 0 Å². The normalized spacial score (nSPS) is 9.11. The van der Waals surface area contributed by atoms with Crippen molar-refractivity contribution >= 4 is 174 Å². The first kappa shape index (κ1) is 127. The van der Waals surface area contributed by atoms with Gasteiger partial charge in [0.25, 0.3) is 0 Å². The van der Waals surface area contributed by atoms with Crippen LogP contribution in [0.2, 0.25) is 0 Å². The van der Waals surface area contributed by atoms with Crippen LogP contribution in [0.3, 0.4) is 0 Å². The third-order valence-corrected chi connectivity index (χ3v) is 19.4. The Labute approximate surface area is 863 Å². The Bertz CT molecular complexity index is 5700. The average Bonchev–Trinajstić information content (AvgIpc) is 0.844. The van der Waals surface area contributed by atoms with Crippen molar-refractivity contribution in [1.82, 2.24) is 59.8 Å². The molecule has 0 saturated carbocycles. The number of hydrogen-bond donors (Lipinski definition) is 0. The van der Waals surface area contributed by atoms with Crippen LogP contribution in [0.25, 0.3) is 174 Å². The second-order valence-corrected chi connectivity index (χ2v) is 26.3. The molecular formula is C132H164N12. The van der Waals surface area contributed by atoms with Gasteiger partial charge >= 0.3 is 0 Å². The van der Waals surface area contributed by atoms with Gasteiger partial charge in [0.15, 0.2) is 0 Å². The third kappa shape index (κ3) is 36.9. The summed E-state index contributed by atoms with van der Waals surface area (Å²) in [5.41, 5.74) is 12.2. The molecule has 752 valence electrons. The van der Waals surface area contributed by atoms with Crippen LogP contribution < -0.4 is 0 Å². The number of benzene rings is 12. The molecule has 0 radical (unpaired) electrons. The standard InChI is InChI=1S/4C13H9N.4C12H8N2.16C2H6/c4*1-2-6-12-10(4-1)7-8-11-5-3-9-14-13(11)12;4*1-3-9-5-6-10-4-2-8-14-12(10)11(9)13-7-1;16*1-2/h4*1-9H;4*1-8H;16*1-2H3. The van der Waals surface area contributed by atoms with Crippen molar-refractivity contribution in [3.8, 4) is 0 Å². The molecule has 0 N–H and O–H groups in total. The van der Waals surface area contributed by atoms with Gasteiger partial charge in [0.2, 0.25) is 0 Å². The SMILES string of the molecule is CC.CC.CC.CC.CC.CC.CC.CC.CC.CC.CC.CC.CC.CC.CC.CC.c1ccc2c(c1)ccc1cccnc12.c1ccc2c(c1)ccc1cccnc12.c1ccc2c(c1)ccc1cccnc12.c1ccc2c(c1)ccc1cccnc12.c1cnc2c(c1)ccc1cccnc12.c1cnc2c(c1)ccc1cccnc12.c1cnc2c(c1)ccc1cccnc12.c1cnc2c(c1)ccc1cccnc12. The fourth-order valence-electron chi connectivity index (χ4n) is 14.0. The third-order valence-electron chi connectivity index (χ3n) is 19.4. The Kier molecular flexibility index (Phi) is 69.7. The number of nitrogens with zero attached hydrogens (tertiary/aromatic N) is 12. The molecular weight excluding hydrogens is 1750 g/mol. The lowest BCUT2D eigenvalue weighted by molar-refractivity contribution is 1.37. The zero-order valence-corrected chi connectivity index (χ0v) is 92.6. The van der Waals surface area contributed by atoms with Gasteiger partial charge in [0.1, 0.15) is 0 Å². The molecule has 0 unspecified atom stereocenters. The molecule has 0 bridgehead atoms. The Balaban J connectivity index is 0.000000790. The summed E-state index contributed by atoms with van der Waals surface area (Å²) < 4.78 is 0. The van der Waals surface area contributed by atoms with Gasteiger partial charge < -0.3 is 0 Å². The highest BCUT2D eigenvalue weighted by molar-refractivity contribution is 6.10. The highest BCUT2D eigenvalue weighted by atomic mass is 14.8. The van der Waals surface area contributed by atoms with Crippen molar-refractivity contribution < 1.29 is 0 Å². The van der Waals surface area contributed by atoms with Gasteiger partial charge in [-0.15, -0.1) is 0 Å². The highest BCUT2D eigenvalue weighted by Crippen LogP contribution is 2.30. The minimum atomic E-state index is 0.977. The van der Waals surface area contributed by atoms with Crippen LogP contribution >= 0.6 is 0 Å². The minimum absolute atomic E-state index is 0.977.